The Morgan fingerprint density at radius 3 is 1.48 bits per heavy atom. The van der Waals surface area contributed by atoms with E-state index < -0.39 is 128 Å². The van der Waals surface area contributed by atoms with Crippen LogP contribution in [0.3, 0.4) is 0 Å². The van der Waals surface area contributed by atoms with E-state index in [0.29, 0.717) is 86.8 Å². The zero-order valence-corrected chi connectivity index (χ0v) is 78.1. The highest BCUT2D eigenvalue weighted by Gasteiger charge is 2.41. The van der Waals surface area contributed by atoms with E-state index in [9.17, 15) is 95.1 Å². The van der Waals surface area contributed by atoms with Gasteiger partial charge >= 0.3 is 12.1 Å². The minimum atomic E-state index is -4.67. The molecule has 44 heteroatoms. The minimum Gasteiger partial charge on any atom is -0.492 e. The lowest BCUT2D eigenvalue weighted by Gasteiger charge is -2.13. The number of aromatic nitrogens is 10. The Kier molecular flexibility index (Phi) is 24.8. The van der Waals surface area contributed by atoms with Crippen molar-refractivity contribution in [3.8, 4) is 50.3 Å². The van der Waals surface area contributed by atoms with Crippen LogP contribution in [0.15, 0.2) is 252 Å². The molecule has 1 saturated carbocycles. The van der Waals surface area contributed by atoms with Gasteiger partial charge in [-0.1, -0.05) is 48.5 Å². The summed E-state index contributed by atoms with van der Waals surface area (Å²) in [6, 6.07) is 44.2. The number of pyridine rings is 4. The van der Waals surface area contributed by atoms with Gasteiger partial charge in [0.15, 0.2) is 0 Å². The van der Waals surface area contributed by atoms with Gasteiger partial charge in [0.25, 0.3) is 40.0 Å². The third kappa shape index (κ3) is 18.3. The number of imidazole rings is 1. The highest BCUT2D eigenvalue weighted by Crippen LogP contribution is 2.48. The molecule has 0 saturated heterocycles. The standard InChI is InChI=1S/C26H22FN3O5S.C25H14F4N4O4.2C25H19F2N3O5S/c27-19-6-2-1-4-16(19)14-30-20-10-7-15-11-13-35-24(15)22(20)21(18-5-3-12-28-25(18)31)23(30)26(32)29-36(33,34)17-8-9-17;26-14-9-17-19(21-12(14)5-7-37-21)18(13-2-1-6-30-22(13)34)20(23(35)36)33(17)10-11-3-4-15-16(8-11)32-24(31-15)25(27,28)29;1-13-5-3-6-14(21(13)27)12-30-18-11-17(26)15-8-10-35-23(15)20(18)19(16-7-4-9-28-24(16)31)22(30)25(32)29-36(2,33)34;1-13-10-14-5-8-19-21(23(14)35-13)20(17-4-3-9-28-24(17)31)22(25(32)29-36(2,33)34)30(19)12-15-11-16(26)6-7-18(15)27/h1-7,10,12,17H,8-9,11,13-14H2,(H,28,31)(H,29,32);1-9H,10H2,(H,30,34)(H,31,32)(H,35,36);2*3-11H,12H2,1-2H3,(H,28,31)(H,29,32). The summed E-state index contributed by atoms with van der Waals surface area (Å²) in [4.78, 5) is 120. The maximum atomic E-state index is 15.1. The number of sulfonamides is 3. The number of nitrogens with zero attached hydrogens (tertiary/aromatic N) is 5. The van der Waals surface area contributed by atoms with Crippen molar-refractivity contribution in [1.82, 2.24) is 62.3 Å². The molecule has 0 spiro atoms. The van der Waals surface area contributed by atoms with Crippen LogP contribution in [0.1, 0.15) is 99.8 Å². The van der Waals surface area contributed by atoms with Crippen LogP contribution < -0.4 is 41.1 Å². The number of rotatable bonds is 20. The Morgan fingerprint density at radius 1 is 0.476 bits per heavy atom. The molecular formula is C101H74F9N13O19S3. The number of halogens is 9. The number of fused-ring (bicyclic) bond motifs is 13. The van der Waals surface area contributed by atoms with E-state index in [4.69, 9.17) is 18.0 Å². The van der Waals surface area contributed by atoms with Crippen LogP contribution in [0, 0.1) is 48.8 Å². The number of nitrogens with one attached hydrogen (secondary N) is 8. The van der Waals surface area contributed by atoms with Gasteiger partial charge in [-0.05, 0) is 177 Å². The average Bonchev–Trinajstić information content (AvgIpc) is 1.58. The van der Waals surface area contributed by atoms with Gasteiger partial charge in [0.2, 0.25) is 35.9 Å². The lowest BCUT2D eigenvalue weighted by molar-refractivity contribution is -0.144. The van der Waals surface area contributed by atoms with Crippen molar-refractivity contribution in [2.75, 3.05) is 19.1 Å². The fraction of sp³-hybridized carbons (Fsp3) is 0.139. The summed E-state index contributed by atoms with van der Waals surface area (Å²) in [6.45, 7) is 2.94. The minimum absolute atomic E-state index is 0.0222. The first-order valence-corrected chi connectivity index (χ1v) is 49.2. The third-order valence-electron chi connectivity index (χ3n) is 24.5. The molecular weight excluding hydrogens is 1970 g/mol. The molecule has 13 heterocycles. The predicted octanol–water partition coefficient (Wildman–Crippen LogP) is 17.0. The number of carbonyl (C=O) groups is 4. The molecule has 0 radical (unpaired) electrons. The van der Waals surface area contributed by atoms with Crippen molar-refractivity contribution < 1.29 is 107 Å². The second-order valence-electron chi connectivity index (χ2n) is 34.2. The summed E-state index contributed by atoms with van der Waals surface area (Å²) in [5.41, 5.74) is 1.64. The molecule has 32 nitrogen and oxygen atoms in total. The third-order valence-corrected chi connectivity index (χ3v) is 27.4. The normalized spacial score (nSPS) is 12.8. The molecule has 738 valence electrons. The highest BCUT2D eigenvalue weighted by molar-refractivity contribution is 7.91. The monoisotopic (exact) mass is 2040 g/mol. The molecule has 20 aromatic rings. The molecule has 22 rings (SSSR count). The smallest absolute Gasteiger partial charge is 0.449 e. The fourth-order valence-corrected chi connectivity index (χ4v) is 20.4. The van der Waals surface area contributed by atoms with Crippen molar-refractivity contribution in [3.63, 3.8) is 0 Å². The van der Waals surface area contributed by atoms with E-state index in [1.54, 1.807) is 91.2 Å². The molecule has 1 aliphatic carbocycles. The molecule has 3 amide bonds. The first kappa shape index (κ1) is 96.6. The second kappa shape index (κ2) is 37.3. The maximum absolute atomic E-state index is 15.1. The Bertz CT molecular complexity index is 9430. The number of aromatic amines is 5. The Labute approximate surface area is 809 Å². The second-order valence-corrected chi connectivity index (χ2v) is 39.7. The largest absolute Gasteiger partial charge is 0.492 e. The number of H-pyrrole nitrogens is 5. The number of amides is 3. The summed E-state index contributed by atoms with van der Waals surface area (Å²) in [5, 5.41) is 11.8. The van der Waals surface area contributed by atoms with Crippen molar-refractivity contribution in [3.05, 3.63) is 363 Å². The van der Waals surface area contributed by atoms with Crippen molar-refractivity contribution in [2.45, 2.75) is 70.7 Å². The molecule has 0 atom stereocenters. The number of benzene rings is 8. The highest BCUT2D eigenvalue weighted by atomic mass is 32.2. The number of furan rings is 3. The number of carboxylic acid groups (broad SMARTS) is 1. The zero-order valence-electron chi connectivity index (χ0n) is 75.7. The number of aromatic carboxylic acids is 1. The number of aryl methyl sites for hydroxylation is 2. The fourth-order valence-electron chi connectivity index (χ4n) is 18.2. The summed E-state index contributed by atoms with van der Waals surface area (Å²) in [6.07, 6.45) is 6.76. The Hall–Kier alpha value is -17.3. The molecule has 8 aromatic carbocycles. The van der Waals surface area contributed by atoms with E-state index in [1.165, 1.54) is 124 Å². The van der Waals surface area contributed by atoms with Gasteiger partial charge in [0, 0.05) is 82.1 Å². The quantitative estimate of drug-likeness (QED) is 0.0320. The van der Waals surface area contributed by atoms with E-state index in [1.807, 2.05) is 15.5 Å². The van der Waals surface area contributed by atoms with E-state index in [0.717, 1.165) is 48.4 Å². The molecule has 0 bridgehead atoms. The number of carboxylic acids is 1. The predicted molar refractivity (Wildman–Crippen MR) is 518 cm³/mol. The van der Waals surface area contributed by atoms with Crippen molar-refractivity contribution in [1.29, 1.82) is 0 Å². The van der Waals surface area contributed by atoms with E-state index in [-0.39, 0.29) is 159 Å². The van der Waals surface area contributed by atoms with Crippen LogP contribution in [0.4, 0.5) is 39.5 Å². The van der Waals surface area contributed by atoms with E-state index in [2.05, 4.69) is 34.6 Å². The molecule has 1 aliphatic heterocycles. The van der Waals surface area contributed by atoms with Crippen LogP contribution in [-0.4, -0.2) is 127 Å². The van der Waals surface area contributed by atoms with Gasteiger partial charge in [-0.2, -0.15) is 13.2 Å². The maximum Gasteiger partial charge on any atom is 0.449 e. The number of ether oxygens (including phenoxy) is 1. The van der Waals surface area contributed by atoms with Crippen LogP contribution in [0.25, 0.3) is 132 Å². The average molecular weight is 2040 g/mol. The first-order chi connectivity index (χ1) is 69.1. The van der Waals surface area contributed by atoms with Gasteiger partial charge < -0.3 is 66.3 Å². The molecule has 12 aromatic heterocycles. The van der Waals surface area contributed by atoms with Crippen LogP contribution in [0.2, 0.25) is 0 Å². The number of alkyl halides is 3. The number of carbonyl (C=O) groups excluding carboxylic acids is 3. The summed E-state index contributed by atoms with van der Waals surface area (Å²) >= 11 is 0. The lowest BCUT2D eigenvalue weighted by atomic mass is 10.00. The summed E-state index contributed by atoms with van der Waals surface area (Å²) in [5.74, 6) is -8.18. The van der Waals surface area contributed by atoms with Gasteiger partial charge in [0.05, 0.1) is 144 Å². The van der Waals surface area contributed by atoms with Gasteiger partial charge in [-0.15, -0.1) is 0 Å². The topological polar surface area (TPSA) is 456 Å². The molecule has 2 aliphatic rings. The van der Waals surface area contributed by atoms with Crippen LogP contribution >= 0.6 is 0 Å². The van der Waals surface area contributed by atoms with E-state index >= 15 is 13.2 Å². The Morgan fingerprint density at radius 2 is 0.952 bits per heavy atom. The SMILES string of the molecule is Cc1cc2ccc3c(c(-c4ccc[nH]c4=O)c(C(=O)NS(C)(=O)=O)n3Cc3cc(F)ccc3F)c2o1.Cc1cccc(Cn2c(C(=O)NS(C)(=O)=O)c(-c3ccc[nH]c3=O)c3c4occc4c(F)cc32)c1F.O=C(NS(=O)(=O)C1CC1)c1c(-c2ccc[nH]c2=O)c2c3c(ccc2n1Cc1ccccc1F)CCO3.O=C(O)c1c(-c2ccc[nH]c2=O)c2c3occc3c(F)cc2n1Cc1ccc2nc(C(F)(F)F)[nH]c2c1. The lowest BCUT2D eigenvalue weighted by Crippen LogP contribution is -2.35. The van der Waals surface area contributed by atoms with Crippen molar-refractivity contribution in [2.24, 2.45) is 0 Å². The summed E-state index contributed by atoms with van der Waals surface area (Å²) < 4.78 is 236. The summed E-state index contributed by atoms with van der Waals surface area (Å²) in [7, 11) is -11.9. The van der Waals surface area contributed by atoms with Crippen molar-refractivity contribution >= 4 is 141 Å². The number of hydrogen-bond donors (Lipinski definition) is 9. The molecule has 9 N–H and O–H groups in total. The molecule has 1 fully saturated rings. The van der Waals surface area contributed by atoms with Crippen LogP contribution in [0.5, 0.6) is 5.75 Å². The Balaban J connectivity index is 0.000000122. The number of hydrogen-bond acceptors (Lipinski definition) is 19. The van der Waals surface area contributed by atoms with Crippen LogP contribution in [-0.2, 0) is 68.8 Å². The van der Waals surface area contributed by atoms with Gasteiger partial charge in [-0.3, -0.25) is 33.6 Å². The molecule has 145 heavy (non-hydrogen) atoms. The molecule has 0 unspecified atom stereocenters. The zero-order chi connectivity index (χ0) is 103. The first-order valence-electron chi connectivity index (χ1n) is 43.9. The van der Waals surface area contributed by atoms with Gasteiger partial charge in [-0.25, -0.2) is 75.5 Å². The van der Waals surface area contributed by atoms with Gasteiger partial charge in [0.1, 0.15) is 85.9 Å².